The van der Waals surface area contributed by atoms with Gasteiger partial charge in [0.1, 0.15) is 6.10 Å². The summed E-state index contributed by atoms with van der Waals surface area (Å²) in [6.07, 6.45) is -1.79. The van der Waals surface area contributed by atoms with Crippen LogP contribution in [0.3, 0.4) is 0 Å². The molecule has 6 nitrogen and oxygen atoms in total. The maximum absolute atomic E-state index is 10.2. The fourth-order valence-electron chi connectivity index (χ4n) is 0.918. The summed E-state index contributed by atoms with van der Waals surface area (Å²) in [5, 5.41) is 27.4. The summed E-state index contributed by atoms with van der Waals surface area (Å²) in [6, 6.07) is 0. The predicted octanol–water partition coefficient (Wildman–Crippen LogP) is -0.406. The maximum atomic E-state index is 10.2. The lowest BCUT2D eigenvalue weighted by atomic mass is 10.1. The Bertz CT molecular complexity index is 327. The van der Waals surface area contributed by atoms with Crippen molar-refractivity contribution in [3.8, 4) is 0 Å². The summed E-state index contributed by atoms with van der Waals surface area (Å²) in [7, 11) is 0. The highest BCUT2D eigenvalue weighted by Crippen LogP contribution is 2.25. The largest absolute Gasteiger partial charge is 0.481 e. The molecule has 1 aromatic heterocycles. The van der Waals surface area contributed by atoms with E-state index in [1.54, 1.807) is 0 Å². The van der Waals surface area contributed by atoms with Crippen LogP contribution < -0.4 is 5.73 Å². The van der Waals surface area contributed by atoms with Crippen LogP contribution in [-0.2, 0) is 4.79 Å². The van der Waals surface area contributed by atoms with Crippen LogP contribution in [-0.4, -0.2) is 32.4 Å². The topological polar surface area (TPSA) is 117 Å². The van der Waals surface area contributed by atoms with Gasteiger partial charge in [-0.05, 0) is 0 Å². The van der Waals surface area contributed by atoms with Gasteiger partial charge in [-0.3, -0.25) is 4.79 Å². The zero-order valence-corrected chi connectivity index (χ0v) is 7.94. The fraction of sp³-hybridized carbons (Fsp3) is 0.429. The lowest BCUT2D eigenvalue weighted by Gasteiger charge is -2.13. The molecule has 1 rings (SSSR count). The van der Waals surface area contributed by atoms with Crippen LogP contribution in [0.15, 0.2) is 6.20 Å². The number of aliphatic carboxylic acids is 1. The molecule has 0 aromatic carbocycles. The van der Waals surface area contributed by atoms with E-state index in [1.807, 2.05) is 0 Å². The molecule has 14 heavy (non-hydrogen) atoms. The van der Waals surface area contributed by atoms with Crippen LogP contribution in [0.4, 0.5) is 5.13 Å². The Labute approximate surface area is 83.6 Å². The smallest absolute Gasteiger partial charge is 0.306 e. The number of aliphatic hydroxyl groups is 2. The fourth-order valence-corrected chi connectivity index (χ4v) is 1.65. The van der Waals surface area contributed by atoms with Crippen molar-refractivity contribution in [3.05, 3.63) is 11.1 Å². The van der Waals surface area contributed by atoms with E-state index in [0.717, 1.165) is 11.3 Å². The van der Waals surface area contributed by atoms with Crippen molar-refractivity contribution in [1.29, 1.82) is 0 Å². The van der Waals surface area contributed by atoms with E-state index in [9.17, 15) is 15.0 Å². The van der Waals surface area contributed by atoms with Crippen molar-refractivity contribution in [3.63, 3.8) is 0 Å². The molecule has 0 radical (unpaired) electrons. The molecule has 0 saturated carbocycles. The quantitative estimate of drug-likeness (QED) is 0.546. The van der Waals surface area contributed by atoms with E-state index in [2.05, 4.69) is 4.98 Å². The number of rotatable bonds is 4. The Morgan fingerprint density at radius 1 is 1.64 bits per heavy atom. The van der Waals surface area contributed by atoms with E-state index in [1.165, 1.54) is 6.20 Å². The maximum Gasteiger partial charge on any atom is 0.306 e. The van der Waals surface area contributed by atoms with Crippen LogP contribution in [0.25, 0.3) is 0 Å². The van der Waals surface area contributed by atoms with Crippen LogP contribution in [0.5, 0.6) is 0 Å². The number of nitrogens with zero attached hydrogens (tertiary/aromatic N) is 1. The number of thiazole rings is 1. The zero-order valence-electron chi connectivity index (χ0n) is 7.12. The predicted molar refractivity (Wildman–Crippen MR) is 49.7 cm³/mol. The first-order chi connectivity index (χ1) is 6.50. The Morgan fingerprint density at radius 3 is 2.71 bits per heavy atom. The Balaban J connectivity index is 2.65. The molecule has 0 amide bonds. The first-order valence-electron chi connectivity index (χ1n) is 3.80. The summed E-state index contributed by atoms with van der Waals surface area (Å²) in [5.74, 6) is -1.17. The molecule has 2 atom stereocenters. The van der Waals surface area contributed by atoms with Gasteiger partial charge in [0.2, 0.25) is 0 Å². The molecule has 0 saturated heterocycles. The summed E-state index contributed by atoms with van der Waals surface area (Å²) in [6.45, 7) is 0. The van der Waals surface area contributed by atoms with Gasteiger partial charge in [0.15, 0.2) is 5.13 Å². The molecule has 0 spiro atoms. The van der Waals surface area contributed by atoms with Crippen molar-refractivity contribution in [2.24, 2.45) is 0 Å². The number of anilines is 1. The van der Waals surface area contributed by atoms with Gasteiger partial charge in [-0.15, -0.1) is 0 Å². The van der Waals surface area contributed by atoms with Gasteiger partial charge >= 0.3 is 5.97 Å². The minimum atomic E-state index is -1.34. The van der Waals surface area contributed by atoms with Gasteiger partial charge < -0.3 is 21.1 Å². The molecule has 0 bridgehead atoms. The lowest BCUT2D eigenvalue weighted by Crippen LogP contribution is -2.20. The minimum Gasteiger partial charge on any atom is -0.481 e. The minimum absolute atomic E-state index is 0.265. The summed E-state index contributed by atoms with van der Waals surface area (Å²) >= 11 is 1.01. The van der Waals surface area contributed by atoms with Crippen molar-refractivity contribution < 1.29 is 20.1 Å². The second-order valence-corrected chi connectivity index (χ2v) is 3.80. The summed E-state index contributed by atoms with van der Waals surface area (Å²) in [4.78, 5) is 14.3. The van der Waals surface area contributed by atoms with Gasteiger partial charge in [-0.2, -0.15) is 0 Å². The highest BCUT2D eigenvalue weighted by molar-refractivity contribution is 7.15. The van der Waals surface area contributed by atoms with Gasteiger partial charge in [0, 0.05) is 6.20 Å². The number of nitrogens with two attached hydrogens (primary N) is 1. The van der Waals surface area contributed by atoms with Gasteiger partial charge in [0.25, 0.3) is 0 Å². The molecule has 0 aliphatic heterocycles. The number of nitrogen functional groups attached to an aromatic ring is 1. The molecule has 5 N–H and O–H groups in total. The van der Waals surface area contributed by atoms with Crippen LogP contribution >= 0.6 is 11.3 Å². The van der Waals surface area contributed by atoms with Crippen LogP contribution in [0, 0.1) is 0 Å². The number of carboxylic acid groups (broad SMARTS) is 1. The summed E-state index contributed by atoms with van der Waals surface area (Å²) < 4.78 is 0. The van der Waals surface area contributed by atoms with Crippen molar-refractivity contribution in [2.75, 3.05) is 5.73 Å². The van der Waals surface area contributed by atoms with Crippen molar-refractivity contribution >= 4 is 22.4 Å². The number of carboxylic acids is 1. The van der Waals surface area contributed by atoms with Crippen molar-refractivity contribution in [2.45, 2.75) is 18.6 Å². The lowest BCUT2D eigenvalue weighted by molar-refractivity contribution is -0.141. The average Bonchev–Trinajstić information content (AvgIpc) is 2.49. The van der Waals surface area contributed by atoms with E-state index >= 15 is 0 Å². The molecule has 7 heteroatoms. The molecule has 2 unspecified atom stereocenters. The van der Waals surface area contributed by atoms with Crippen LogP contribution in [0.2, 0.25) is 0 Å². The van der Waals surface area contributed by atoms with Crippen molar-refractivity contribution in [1.82, 2.24) is 4.98 Å². The average molecular weight is 218 g/mol. The van der Waals surface area contributed by atoms with Gasteiger partial charge in [0.05, 0.1) is 17.4 Å². The molecular weight excluding hydrogens is 208 g/mol. The number of aliphatic hydroxyl groups excluding tert-OH is 2. The first-order valence-corrected chi connectivity index (χ1v) is 4.61. The third-order valence-corrected chi connectivity index (χ3v) is 2.48. The van der Waals surface area contributed by atoms with E-state index in [4.69, 9.17) is 10.8 Å². The number of hydrogen-bond acceptors (Lipinski definition) is 6. The standard InChI is InChI=1S/C7H10N2O4S/c8-7-9-2-4(14-7)6(13)3(10)1-5(11)12/h2-3,6,10,13H,1H2,(H2,8,9)(H,11,12). The Morgan fingerprint density at radius 2 is 2.29 bits per heavy atom. The second kappa shape index (κ2) is 4.36. The van der Waals surface area contributed by atoms with Gasteiger partial charge in [-0.1, -0.05) is 11.3 Å². The SMILES string of the molecule is Nc1ncc(C(O)C(O)CC(=O)O)s1. The molecule has 78 valence electrons. The highest BCUT2D eigenvalue weighted by Gasteiger charge is 2.22. The molecule has 0 aliphatic rings. The Kier molecular flexibility index (Phi) is 3.39. The second-order valence-electron chi connectivity index (χ2n) is 2.71. The molecule has 1 aromatic rings. The first kappa shape index (κ1) is 10.9. The third kappa shape index (κ3) is 2.66. The van der Waals surface area contributed by atoms with E-state index < -0.39 is 24.6 Å². The van der Waals surface area contributed by atoms with E-state index in [0.29, 0.717) is 4.88 Å². The molecule has 0 aliphatic carbocycles. The highest BCUT2D eigenvalue weighted by atomic mass is 32.1. The monoisotopic (exact) mass is 218 g/mol. The molecule has 0 fully saturated rings. The number of carbonyl (C=O) groups is 1. The zero-order chi connectivity index (χ0) is 10.7. The van der Waals surface area contributed by atoms with Gasteiger partial charge in [-0.25, -0.2) is 4.98 Å². The summed E-state index contributed by atoms with van der Waals surface area (Å²) in [5.41, 5.74) is 5.32. The van der Waals surface area contributed by atoms with Crippen LogP contribution in [0.1, 0.15) is 17.4 Å². The molecule has 1 heterocycles. The number of aromatic nitrogens is 1. The third-order valence-electron chi connectivity index (χ3n) is 1.58. The number of hydrogen-bond donors (Lipinski definition) is 4. The Hall–Kier alpha value is -1.18. The van der Waals surface area contributed by atoms with E-state index in [-0.39, 0.29) is 5.13 Å². The normalized spacial score (nSPS) is 15.0. The molecular formula is C7H10N2O4S.